The summed E-state index contributed by atoms with van der Waals surface area (Å²) in [6.45, 7) is 1.98. The van der Waals surface area contributed by atoms with Crippen molar-refractivity contribution >= 4 is 55.5 Å². The number of thiophene rings is 1. The summed E-state index contributed by atoms with van der Waals surface area (Å²) >= 11 is 2.74. The first kappa shape index (κ1) is 18.0. The number of Topliss-reactive ketones (excluding diaryl/α,β-unsaturated/α-hetero) is 2. The number of aryl methyl sites for hydroxylation is 1. The van der Waals surface area contributed by atoms with Gasteiger partial charge in [-0.05, 0) is 48.2 Å². The number of carbonyl (C=O) groups is 3. The highest BCUT2D eigenvalue weighted by atomic mass is 32.1. The van der Waals surface area contributed by atoms with Crippen LogP contribution < -0.4 is 4.90 Å². The largest absolute Gasteiger partial charge is 0.461 e. The molecule has 1 amide bonds. The second kappa shape index (κ2) is 6.75. The van der Waals surface area contributed by atoms with E-state index in [2.05, 4.69) is 4.98 Å². The fraction of sp³-hybridized carbons (Fsp3) is 0.143. The number of hydrogen-bond acceptors (Lipinski definition) is 7. The summed E-state index contributed by atoms with van der Waals surface area (Å²) in [4.78, 5) is 45.7. The zero-order chi connectivity index (χ0) is 20.1. The lowest BCUT2D eigenvalue weighted by Gasteiger charge is -2.23. The molecule has 29 heavy (non-hydrogen) atoms. The van der Waals surface area contributed by atoms with E-state index in [1.807, 2.05) is 42.6 Å². The van der Waals surface area contributed by atoms with Crippen LogP contribution in [0.1, 0.15) is 27.0 Å². The van der Waals surface area contributed by atoms with Gasteiger partial charge in [0.15, 0.2) is 10.9 Å². The number of aromatic nitrogens is 1. The molecule has 6 nitrogen and oxygen atoms in total. The number of thiazole rings is 1. The molecule has 0 bridgehead atoms. The Morgan fingerprint density at radius 2 is 2.03 bits per heavy atom. The average molecular weight is 422 g/mol. The first-order chi connectivity index (χ1) is 14.0. The molecule has 5 rings (SSSR count). The molecule has 1 saturated heterocycles. The Labute approximate surface area is 173 Å². The average Bonchev–Trinajstić information content (AvgIpc) is 3.49. The van der Waals surface area contributed by atoms with Crippen molar-refractivity contribution in [1.29, 1.82) is 0 Å². The molecule has 8 heteroatoms. The number of rotatable bonds is 4. The lowest BCUT2D eigenvalue weighted by molar-refractivity contribution is -0.135. The van der Waals surface area contributed by atoms with Gasteiger partial charge in [-0.3, -0.25) is 19.3 Å². The van der Waals surface area contributed by atoms with Crippen molar-refractivity contribution in [1.82, 2.24) is 4.98 Å². The van der Waals surface area contributed by atoms with Crippen molar-refractivity contribution in [3.05, 3.63) is 70.3 Å². The number of hydrogen-bond donors (Lipinski definition) is 0. The van der Waals surface area contributed by atoms with E-state index in [-0.39, 0.29) is 5.76 Å². The van der Waals surface area contributed by atoms with Crippen LogP contribution >= 0.6 is 22.7 Å². The molecule has 2 unspecified atom stereocenters. The van der Waals surface area contributed by atoms with E-state index in [4.69, 9.17) is 4.42 Å². The SMILES string of the molecule is Cc1ccc2nc(N3C(=O)C(=O)C(C(=O)c4ccco4)C3c3cccs3)sc2c1. The summed E-state index contributed by atoms with van der Waals surface area (Å²) in [5.41, 5.74) is 1.83. The van der Waals surface area contributed by atoms with Gasteiger partial charge in [0.2, 0.25) is 11.6 Å². The number of ketones is 2. The van der Waals surface area contributed by atoms with E-state index in [1.54, 1.807) is 6.07 Å². The standard InChI is InChI=1S/C21H14N2O4S2/c1-11-6-7-12-15(10-11)29-21(22-12)23-17(14-5-3-9-28-14)16(19(25)20(23)26)18(24)13-4-2-8-27-13/h2-10,16-17H,1H3. The summed E-state index contributed by atoms with van der Waals surface area (Å²) < 4.78 is 6.14. The van der Waals surface area contributed by atoms with Crippen LogP contribution in [0.2, 0.25) is 0 Å². The third-order valence-electron chi connectivity index (χ3n) is 4.93. The predicted octanol–water partition coefficient (Wildman–Crippen LogP) is 4.42. The topological polar surface area (TPSA) is 80.5 Å². The Hall–Kier alpha value is -3.10. The van der Waals surface area contributed by atoms with Crippen molar-refractivity contribution in [2.45, 2.75) is 13.0 Å². The van der Waals surface area contributed by atoms with Crippen LogP contribution in [-0.2, 0) is 9.59 Å². The number of carbonyl (C=O) groups excluding carboxylic acids is 3. The molecule has 1 aliphatic heterocycles. The van der Waals surface area contributed by atoms with Gasteiger partial charge in [0.05, 0.1) is 22.5 Å². The monoisotopic (exact) mass is 422 g/mol. The highest BCUT2D eigenvalue weighted by Crippen LogP contribution is 2.44. The third-order valence-corrected chi connectivity index (χ3v) is 6.89. The number of benzene rings is 1. The molecule has 0 N–H and O–H groups in total. The van der Waals surface area contributed by atoms with E-state index in [0.29, 0.717) is 5.13 Å². The number of furan rings is 1. The fourth-order valence-electron chi connectivity index (χ4n) is 3.58. The smallest absolute Gasteiger partial charge is 0.297 e. The minimum Gasteiger partial charge on any atom is -0.461 e. The molecule has 0 radical (unpaired) electrons. The van der Waals surface area contributed by atoms with Gasteiger partial charge < -0.3 is 4.42 Å². The quantitative estimate of drug-likeness (QED) is 0.276. The number of anilines is 1. The van der Waals surface area contributed by atoms with Gasteiger partial charge in [-0.2, -0.15) is 0 Å². The van der Waals surface area contributed by atoms with Crippen LogP contribution in [0.3, 0.4) is 0 Å². The summed E-state index contributed by atoms with van der Waals surface area (Å²) in [6, 6.07) is 11.8. The molecule has 144 valence electrons. The van der Waals surface area contributed by atoms with Crippen LogP contribution in [-0.4, -0.2) is 22.5 Å². The fourth-order valence-corrected chi connectivity index (χ4v) is 5.54. The zero-order valence-corrected chi connectivity index (χ0v) is 16.8. The third kappa shape index (κ3) is 2.83. The molecule has 1 aliphatic rings. The molecular formula is C21H14N2O4S2. The van der Waals surface area contributed by atoms with Crippen molar-refractivity contribution < 1.29 is 18.8 Å². The minimum atomic E-state index is -1.17. The second-order valence-electron chi connectivity index (χ2n) is 6.79. The predicted molar refractivity (Wildman–Crippen MR) is 110 cm³/mol. The van der Waals surface area contributed by atoms with Crippen LogP contribution in [0.15, 0.2) is 58.5 Å². The van der Waals surface area contributed by atoms with Gasteiger partial charge in [-0.25, -0.2) is 4.98 Å². The maximum atomic E-state index is 13.1. The summed E-state index contributed by atoms with van der Waals surface area (Å²) in [5.74, 6) is -3.05. The number of amides is 1. The van der Waals surface area contributed by atoms with Crippen LogP contribution in [0.25, 0.3) is 10.2 Å². The molecule has 2 atom stereocenters. The normalized spacial score (nSPS) is 19.4. The van der Waals surface area contributed by atoms with Gasteiger partial charge >= 0.3 is 0 Å². The zero-order valence-electron chi connectivity index (χ0n) is 15.2. The first-order valence-electron chi connectivity index (χ1n) is 8.90. The Balaban J connectivity index is 1.66. The summed E-state index contributed by atoms with van der Waals surface area (Å²) in [7, 11) is 0. The minimum absolute atomic E-state index is 0.0690. The Morgan fingerprint density at radius 3 is 2.76 bits per heavy atom. The molecule has 3 aromatic heterocycles. The van der Waals surface area contributed by atoms with Crippen LogP contribution in [0, 0.1) is 12.8 Å². The molecule has 0 saturated carbocycles. The molecule has 4 heterocycles. The molecule has 0 aliphatic carbocycles. The number of nitrogens with zero attached hydrogens (tertiary/aromatic N) is 2. The highest BCUT2D eigenvalue weighted by molar-refractivity contribution is 7.22. The molecule has 4 aromatic rings. The van der Waals surface area contributed by atoms with E-state index >= 15 is 0 Å². The van der Waals surface area contributed by atoms with E-state index in [0.717, 1.165) is 20.7 Å². The van der Waals surface area contributed by atoms with Crippen molar-refractivity contribution in [3.63, 3.8) is 0 Å². The van der Waals surface area contributed by atoms with Gasteiger partial charge in [-0.15, -0.1) is 11.3 Å². The highest BCUT2D eigenvalue weighted by Gasteiger charge is 2.54. The van der Waals surface area contributed by atoms with Crippen LogP contribution in [0.5, 0.6) is 0 Å². The Morgan fingerprint density at radius 1 is 1.17 bits per heavy atom. The maximum Gasteiger partial charge on any atom is 0.297 e. The Kier molecular flexibility index (Phi) is 4.18. The van der Waals surface area contributed by atoms with E-state index in [9.17, 15) is 14.4 Å². The lowest BCUT2D eigenvalue weighted by Crippen LogP contribution is -2.29. The Bertz CT molecular complexity index is 1240. The first-order valence-corrected chi connectivity index (χ1v) is 10.6. The lowest BCUT2D eigenvalue weighted by atomic mass is 9.92. The molecule has 1 fully saturated rings. The summed E-state index contributed by atoms with van der Waals surface area (Å²) in [6.07, 6.45) is 1.38. The van der Waals surface area contributed by atoms with E-state index in [1.165, 1.54) is 39.9 Å². The van der Waals surface area contributed by atoms with E-state index < -0.39 is 29.4 Å². The van der Waals surface area contributed by atoms with Gasteiger partial charge in [0.1, 0.15) is 5.92 Å². The van der Waals surface area contributed by atoms with Crippen LogP contribution in [0.4, 0.5) is 5.13 Å². The number of fused-ring (bicyclic) bond motifs is 1. The van der Waals surface area contributed by atoms with Gasteiger partial charge in [0, 0.05) is 4.88 Å². The second-order valence-corrected chi connectivity index (χ2v) is 8.77. The van der Waals surface area contributed by atoms with Gasteiger partial charge in [0.25, 0.3) is 5.91 Å². The molecule has 1 aromatic carbocycles. The molecule has 0 spiro atoms. The summed E-state index contributed by atoms with van der Waals surface area (Å²) in [5, 5.41) is 2.27. The van der Waals surface area contributed by atoms with Crippen molar-refractivity contribution in [3.8, 4) is 0 Å². The van der Waals surface area contributed by atoms with Crippen molar-refractivity contribution in [2.75, 3.05) is 4.90 Å². The molecular weight excluding hydrogens is 408 g/mol. The van der Waals surface area contributed by atoms with Gasteiger partial charge in [-0.1, -0.05) is 23.5 Å². The van der Waals surface area contributed by atoms with Crippen molar-refractivity contribution in [2.24, 2.45) is 5.92 Å². The maximum absolute atomic E-state index is 13.1.